The van der Waals surface area contributed by atoms with Gasteiger partial charge >= 0.3 is 0 Å². The highest BCUT2D eigenvalue weighted by Crippen LogP contribution is 2.24. The summed E-state index contributed by atoms with van der Waals surface area (Å²) < 4.78 is 6.24. The molecule has 2 rings (SSSR count). The Hall–Kier alpha value is -0.0400. The maximum atomic E-state index is 5.08. The second-order valence-corrected chi connectivity index (χ2v) is 6.61. The molecule has 0 amide bonds. The molecule has 0 bridgehead atoms. The molecule has 1 saturated heterocycles. The predicted molar refractivity (Wildman–Crippen MR) is 79.0 cm³/mol. The second kappa shape index (κ2) is 6.78. The van der Waals surface area contributed by atoms with Gasteiger partial charge in [-0.25, -0.2) is 0 Å². The van der Waals surface area contributed by atoms with Crippen LogP contribution in [0, 0.1) is 0 Å². The van der Waals surface area contributed by atoms with Gasteiger partial charge in [0.15, 0.2) is 5.17 Å². The molecule has 94 valence electrons. The number of ether oxygens (including phenoxy) is 1. The Labute approximate surface area is 118 Å². The molecule has 3 nitrogen and oxygen atoms in total. The number of amidine groups is 1. The molecular weight excluding hydrogens is 320 g/mol. The maximum absolute atomic E-state index is 5.08. The van der Waals surface area contributed by atoms with Crippen molar-refractivity contribution >= 4 is 44.2 Å². The summed E-state index contributed by atoms with van der Waals surface area (Å²) in [5.74, 6) is 1.09. The van der Waals surface area contributed by atoms with Gasteiger partial charge in [-0.05, 0) is 33.8 Å². The molecule has 1 fully saturated rings. The lowest BCUT2D eigenvalue weighted by atomic mass is 10.2. The number of thiophene rings is 1. The van der Waals surface area contributed by atoms with Gasteiger partial charge in [0.05, 0.1) is 6.54 Å². The monoisotopic (exact) mass is 334 g/mol. The van der Waals surface area contributed by atoms with Crippen LogP contribution in [0.1, 0.15) is 11.3 Å². The number of methoxy groups -OCH3 is 1. The van der Waals surface area contributed by atoms with Crippen LogP contribution in [0.25, 0.3) is 0 Å². The minimum absolute atomic E-state index is 0.505. The number of nitrogens with zero attached hydrogens (tertiary/aromatic N) is 1. The number of hydrogen-bond donors (Lipinski definition) is 1. The lowest BCUT2D eigenvalue weighted by molar-refractivity contribution is 0.188. The first-order valence-electron chi connectivity index (χ1n) is 5.44. The first kappa shape index (κ1) is 13.4. The van der Waals surface area contributed by atoms with E-state index < -0.39 is 0 Å². The van der Waals surface area contributed by atoms with Gasteiger partial charge in [-0.3, -0.25) is 4.99 Å². The topological polar surface area (TPSA) is 33.6 Å². The molecule has 1 N–H and O–H groups in total. The van der Waals surface area contributed by atoms with Gasteiger partial charge < -0.3 is 10.1 Å². The zero-order valence-electron chi connectivity index (χ0n) is 9.61. The number of thioether (sulfide) groups is 1. The number of halogens is 1. The number of rotatable bonds is 5. The highest BCUT2D eigenvalue weighted by molar-refractivity contribution is 9.10. The Morgan fingerprint density at radius 1 is 1.65 bits per heavy atom. The molecule has 0 saturated carbocycles. The first-order chi connectivity index (χ1) is 8.29. The molecule has 0 aromatic carbocycles. The number of aliphatic imine (C=N–C) groups is 1. The molecule has 2 heterocycles. The van der Waals surface area contributed by atoms with Crippen LogP contribution < -0.4 is 5.32 Å². The van der Waals surface area contributed by atoms with E-state index in [1.54, 1.807) is 30.2 Å². The van der Waals surface area contributed by atoms with Crippen LogP contribution >= 0.6 is 39.0 Å². The van der Waals surface area contributed by atoms with E-state index in [0.29, 0.717) is 6.04 Å². The highest BCUT2D eigenvalue weighted by Gasteiger charge is 2.19. The van der Waals surface area contributed by atoms with Crippen molar-refractivity contribution in [2.45, 2.75) is 19.0 Å². The minimum Gasteiger partial charge on any atom is -0.385 e. The molecule has 0 radical (unpaired) electrons. The van der Waals surface area contributed by atoms with E-state index in [2.05, 4.69) is 37.7 Å². The van der Waals surface area contributed by atoms with E-state index in [1.165, 1.54) is 4.88 Å². The van der Waals surface area contributed by atoms with Crippen molar-refractivity contribution in [3.05, 3.63) is 20.8 Å². The van der Waals surface area contributed by atoms with Gasteiger partial charge in [0, 0.05) is 34.9 Å². The summed E-state index contributed by atoms with van der Waals surface area (Å²) in [6, 6.07) is 2.57. The molecule has 1 aliphatic rings. The Morgan fingerprint density at radius 2 is 2.53 bits per heavy atom. The summed E-state index contributed by atoms with van der Waals surface area (Å²) >= 11 is 7.06. The highest BCUT2D eigenvalue weighted by atomic mass is 79.9. The Morgan fingerprint density at radius 3 is 3.24 bits per heavy atom. The van der Waals surface area contributed by atoms with E-state index in [4.69, 9.17) is 4.74 Å². The van der Waals surface area contributed by atoms with E-state index in [0.717, 1.165) is 35.0 Å². The van der Waals surface area contributed by atoms with E-state index in [-0.39, 0.29) is 0 Å². The molecule has 17 heavy (non-hydrogen) atoms. The minimum atomic E-state index is 0.505. The third-order valence-electron chi connectivity index (χ3n) is 2.48. The standard InChI is InChI=1S/C11H15BrN2OS2/c1-15-4-2-8-7-17-11(14-8)13-6-10-9(12)3-5-16-10/h3,5,8H,2,4,6-7H2,1H3,(H,13,14). The van der Waals surface area contributed by atoms with Gasteiger partial charge in [-0.1, -0.05) is 11.8 Å². The molecule has 0 aliphatic carbocycles. The van der Waals surface area contributed by atoms with Crippen molar-refractivity contribution in [2.75, 3.05) is 19.5 Å². The quantitative estimate of drug-likeness (QED) is 0.898. The van der Waals surface area contributed by atoms with Gasteiger partial charge in [0.2, 0.25) is 0 Å². The fraction of sp³-hybridized carbons (Fsp3) is 0.545. The van der Waals surface area contributed by atoms with Crippen molar-refractivity contribution in [1.82, 2.24) is 5.32 Å². The van der Waals surface area contributed by atoms with E-state index in [9.17, 15) is 0 Å². The van der Waals surface area contributed by atoms with Crippen molar-refractivity contribution in [1.29, 1.82) is 0 Å². The zero-order chi connectivity index (χ0) is 12.1. The van der Waals surface area contributed by atoms with Crippen LogP contribution in [0.15, 0.2) is 20.9 Å². The van der Waals surface area contributed by atoms with Crippen molar-refractivity contribution < 1.29 is 4.74 Å². The van der Waals surface area contributed by atoms with Gasteiger partial charge in [0.25, 0.3) is 0 Å². The van der Waals surface area contributed by atoms with Crippen LogP contribution in [0.4, 0.5) is 0 Å². The lowest BCUT2D eigenvalue weighted by Gasteiger charge is -2.08. The van der Waals surface area contributed by atoms with E-state index in [1.807, 2.05) is 0 Å². The first-order valence-corrected chi connectivity index (χ1v) is 8.10. The summed E-state index contributed by atoms with van der Waals surface area (Å²) in [5, 5.41) is 6.57. The molecule has 1 aromatic heterocycles. The predicted octanol–water partition coefficient (Wildman–Crippen LogP) is 3.11. The average molecular weight is 335 g/mol. The Bertz CT molecular complexity index is 395. The third kappa shape index (κ3) is 3.98. The van der Waals surface area contributed by atoms with Crippen molar-refractivity contribution in [3.63, 3.8) is 0 Å². The summed E-state index contributed by atoms with van der Waals surface area (Å²) in [6.07, 6.45) is 1.05. The number of nitrogens with one attached hydrogen (secondary N) is 1. The van der Waals surface area contributed by atoms with Crippen LogP contribution in [-0.4, -0.2) is 30.7 Å². The Balaban J connectivity index is 1.82. The molecule has 1 atom stereocenters. The SMILES string of the molecule is COCCC1CSC(=NCc2sccc2Br)N1. The van der Waals surface area contributed by atoms with E-state index >= 15 is 0 Å². The third-order valence-corrected chi connectivity index (χ3v) is 5.48. The summed E-state index contributed by atoms with van der Waals surface area (Å²) in [7, 11) is 1.74. The fourth-order valence-corrected chi connectivity index (χ4v) is 3.94. The summed E-state index contributed by atoms with van der Waals surface area (Å²) in [6.45, 7) is 1.56. The lowest BCUT2D eigenvalue weighted by Crippen LogP contribution is -2.28. The van der Waals surface area contributed by atoms with Crippen molar-refractivity contribution in [3.8, 4) is 0 Å². The molecule has 6 heteroatoms. The van der Waals surface area contributed by atoms with Crippen LogP contribution in [0.2, 0.25) is 0 Å². The second-order valence-electron chi connectivity index (χ2n) is 3.75. The molecule has 1 aromatic rings. The maximum Gasteiger partial charge on any atom is 0.157 e. The van der Waals surface area contributed by atoms with Crippen LogP contribution in [-0.2, 0) is 11.3 Å². The van der Waals surface area contributed by atoms with Gasteiger partial charge in [-0.15, -0.1) is 11.3 Å². The summed E-state index contributed by atoms with van der Waals surface area (Å²) in [5.41, 5.74) is 0. The largest absolute Gasteiger partial charge is 0.385 e. The van der Waals surface area contributed by atoms with Gasteiger partial charge in [-0.2, -0.15) is 0 Å². The normalized spacial score (nSPS) is 22.0. The fourth-order valence-electron chi connectivity index (χ4n) is 1.53. The van der Waals surface area contributed by atoms with Crippen LogP contribution in [0.5, 0.6) is 0 Å². The van der Waals surface area contributed by atoms with Crippen molar-refractivity contribution in [2.24, 2.45) is 4.99 Å². The molecule has 0 spiro atoms. The molecule has 1 unspecified atom stereocenters. The average Bonchev–Trinajstić information content (AvgIpc) is 2.93. The molecular formula is C11H15BrN2OS2. The molecule has 1 aliphatic heterocycles. The van der Waals surface area contributed by atoms with Crippen LogP contribution in [0.3, 0.4) is 0 Å². The summed E-state index contributed by atoms with van der Waals surface area (Å²) in [4.78, 5) is 5.87. The smallest absolute Gasteiger partial charge is 0.157 e. The number of hydrogen-bond acceptors (Lipinski definition) is 4. The van der Waals surface area contributed by atoms with Gasteiger partial charge in [0.1, 0.15) is 0 Å². The Kier molecular flexibility index (Phi) is 5.34. The zero-order valence-corrected chi connectivity index (χ0v) is 12.8.